The molecule has 20 heavy (non-hydrogen) atoms. The van der Waals surface area contributed by atoms with E-state index < -0.39 is 0 Å². The van der Waals surface area contributed by atoms with Crippen molar-refractivity contribution >= 4 is 0 Å². The van der Waals surface area contributed by atoms with Crippen LogP contribution in [0.2, 0.25) is 0 Å². The number of aryl methyl sites for hydroxylation is 1. The zero-order valence-electron chi connectivity index (χ0n) is 12.5. The van der Waals surface area contributed by atoms with Gasteiger partial charge in [0.15, 0.2) is 0 Å². The summed E-state index contributed by atoms with van der Waals surface area (Å²) in [6.45, 7) is 5.86. The van der Waals surface area contributed by atoms with E-state index in [1.807, 2.05) is 0 Å². The summed E-state index contributed by atoms with van der Waals surface area (Å²) in [7, 11) is 1.72. The molecule has 0 aromatic heterocycles. The van der Waals surface area contributed by atoms with Gasteiger partial charge in [-0.3, -0.25) is 0 Å². The molecule has 1 unspecified atom stereocenters. The van der Waals surface area contributed by atoms with Crippen LogP contribution in [0.5, 0.6) is 0 Å². The third-order valence-corrected chi connectivity index (χ3v) is 3.52. The molecule has 0 bridgehead atoms. The lowest BCUT2D eigenvalue weighted by atomic mass is 10.1. The highest BCUT2D eigenvalue weighted by Gasteiger charge is 2.04. The van der Waals surface area contributed by atoms with Crippen molar-refractivity contribution in [2.45, 2.75) is 33.0 Å². The van der Waals surface area contributed by atoms with Crippen molar-refractivity contribution in [3.05, 3.63) is 70.8 Å². The van der Waals surface area contributed by atoms with Crippen LogP contribution in [0.15, 0.2) is 48.5 Å². The number of hydrogen-bond donors (Lipinski definition) is 1. The Morgan fingerprint density at radius 1 is 0.950 bits per heavy atom. The van der Waals surface area contributed by atoms with Crippen molar-refractivity contribution < 1.29 is 4.74 Å². The highest BCUT2D eigenvalue weighted by Crippen LogP contribution is 2.14. The zero-order valence-corrected chi connectivity index (χ0v) is 12.5. The Bertz CT molecular complexity index is 516. The molecule has 2 rings (SSSR count). The molecule has 0 radical (unpaired) electrons. The van der Waals surface area contributed by atoms with Crippen LogP contribution in [0.4, 0.5) is 0 Å². The lowest BCUT2D eigenvalue weighted by Gasteiger charge is -2.15. The fourth-order valence-electron chi connectivity index (χ4n) is 2.16. The first-order chi connectivity index (χ1) is 9.69. The van der Waals surface area contributed by atoms with Crippen LogP contribution in [0, 0.1) is 6.92 Å². The fraction of sp³-hybridized carbons (Fsp3) is 0.333. The van der Waals surface area contributed by atoms with E-state index in [2.05, 4.69) is 67.7 Å². The average molecular weight is 269 g/mol. The van der Waals surface area contributed by atoms with Gasteiger partial charge in [0.05, 0.1) is 6.61 Å². The van der Waals surface area contributed by atoms with E-state index in [1.54, 1.807) is 7.11 Å². The summed E-state index contributed by atoms with van der Waals surface area (Å²) >= 11 is 0. The summed E-state index contributed by atoms with van der Waals surface area (Å²) in [6.07, 6.45) is 0. The zero-order chi connectivity index (χ0) is 14.4. The monoisotopic (exact) mass is 269 g/mol. The van der Waals surface area contributed by atoms with Crippen molar-refractivity contribution in [1.29, 1.82) is 0 Å². The first-order valence-electron chi connectivity index (χ1n) is 7.06. The molecule has 0 saturated carbocycles. The first kappa shape index (κ1) is 14.8. The van der Waals surface area contributed by atoms with Crippen molar-refractivity contribution in [1.82, 2.24) is 5.32 Å². The maximum atomic E-state index is 5.12. The predicted octanol–water partition coefficient (Wildman–Crippen LogP) is 3.99. The Morgan fingerprint density at radius 3 is 2.15 bits per heavy atom. The lowest BCUT2D eigenvalue weighted by Crippen LogP contribution is -2.18. The Morgan fingerprint density at radius 2 is 1.55 bits per heavy atom. The van der Waals surface area contributed by atoms with Gasteiger partial charge in [0.1, 0.15) is 0 Å². The molecule has 0 aliphatic heterocycles. The molecule has 0 saturated heterocycles. The highest BCUT2D eigenvalue weighted by molar-refractivity contribution is 5.25. The van der Waals surface area contributed by atoms with Gasteiger partial charge in [-0.2, -0.15) is 0 Å². The number of rotatable bonds is 6. The van der Waals surface area contributed by atoms with Crippen LogP contribution in [0.25, 0.3) is 0 Å². The molecule has 0 spiro atoms. The highest BCUT2D eigenvalue weighted by atomic mass is 16.5. The van der Waals surface area contributed by atoms with E-state index >= 15 is 0 Å². The van der Waals surface area contributed by atoms with Crippen LogP contribution in [-0.4, -0.2) is 7.11 Å². The average Bonchev–Trinajstić information content (AvgIpc) is 2.47. The minimum Gasteiger partial charge on any atom is -0.380 e. The SMILES string of the molecule is COCc1ccc(CNC(C)c2ccc(C)cc2)cc1. The Hall–Kier alpha value is -1.64. The third-order valence-electron chi connectivity index (χ3n) is 3.52. The topological polar surface area (TPSA) is 21.3 Å². The first-order valence-corrected chi connectivity index (χ1v) is 7.06. The van der Waals surface area contributed by atoms with Gasteiger partial charge in [-0.1, -0.05) is 54.1 Å². The largest absolute Gasteiger partial charge is 0.380 e. The van der Waals surface area contributed by atoms with Crippen molar-refractivity contribution in [2.24, 2.45) is 0 Å². The van der Waals surface area contributed by atoms with E-state index in [0.717, 1.165) is 6.54 Å². The maximum absolute atomic E-state index is 5.12. The van der Waals surface area contributed by atoms with Gasteiger partial charge in [-0.15, -0.1) is 0 Å². The van der Waals surface area contributed by atoms with E-state index in [9.17, 15) is 0 Å². The minimum absolute atomic E-state index is 0.356. The molecule has 2 heteroatoms. The molecule has 0 aliphatic carbocycles. The molecule has 2 aromatic rings. The van der Waals surface area contributed by atoms with Crippen molar-refractivity contribution in [2.75, 3.05) is 7.11 Å². The van der Waals surface area contributed by atoms with Gasteiger partial charge >= 0.3 is 0 Å². The molecule has 106 valence electrons. The number of methoxy groups -OCH3 is 1. The molecule has 0 aliphatic rings. The van der Waals surface area contributed by atoms with Gasteiger partial charge in [-0.25, -0.2) is 0 Å². The van der Waals surface area contributed by atoms with E-state index in [1.165, 1.54) is 22.3 Å². The standard InChI is InChI=1S/C18H23NO/c1-14-4-10-18(11-5-14)15(2)19-12-16-6-8-17(9-7-16)13-20-3/h4-11,15,19H,12-13H2,1-3H3. The molecule has 2 aromatic carbocycles. The van der Waals surface area contributed by atoms with Gasteiger partial charge in [0.25, 0.3) is 0 Å². The van der Waals surface area contributed by atoms with Crippen LogP contribution < -0.4 is 5.32 Å². The molecule has 0 heterocycles. The van der Waals surface area contributed by atoms with Crippen LogP contribution >= 0.6 is 0 Å². The third kappa shape index (κ3) is 4.19. The Labute approximate surface area is 121 Å². The van der Waals surface area contributed by atoms with E-state index in [4.69, 9.17) is 4.74 Å². The molecule has 0 fully saturated rings. The maximum Gasteiger partial charge on any atom is 0.0713 e. The summed E-state index contributed by atoms with van der Waals surface area (Å²) in [5.74, 6) is 0. The summed E-state index contributed by atoms with van der Waals surface area (Å²) in [4.78, 5) is 0. The second kappa shape index (κ2) is 7.22. The summed E-state index contributed by atoms with van der Waals surface area (Å²) in [5, 5.41) is 3.55. The Balaban J connectivity index is 1.89. The number of hydrogen-bond acceptors (Lipinski definition) is 2. The molecule has 2 nitrogen and oxygen atoms in total. The summed E-state index contributed by atoms with van der Waals surface area (Å²) < 4.78 is 5.12. The smallest absolute Gasteiger partial charge is 0.0713 e. The predicted molar refractivity (Wildman–Crippen MR) is 83.6 cm³/mol. The van der Waals surface area contributed by atoms with Gasteiger partial charge in [0.2, 0.25) is 0 Å². The van der Waals surface area contributed by atoms with Gasteiger partial charge in [-0.05, 0) is 30.5 Å². The summed E-state index contributed by atoms with van der Waals surface area (Å²) in [6, 6.07) is 17.6. The lowest BCUT2D eigenvalue weighted by molar-refractivity contribution is 0.185. The molecule has 1 atom stereocenters. The fourth-order valence-corrected chi connectivity index (χ4v) is 2.16. The molecule has 0 amide bonds. The van der Waals surface area contributed by atoms with Gasteiger partial charge < -0.3 is 10.1 Å². The quantitative estimate of drug-likeness (QED) is 0.856. The minimum atomic E-state index is 0.356. The second-order valence-electron chi connectivity index (χ2n) is 5.26. The molecule has 1 N–H and O–H groups in total. The van der Waals surface area contributed by atoms with Gasteiger partial charge in [0, 0.05) is 19.7 Å². The van der Waals surface area contributed by atoms with Crippen LogP contribution in [0.3, 0.4) is 0 Å². The van der Waals surface area contributed by atoms with Crippen LogP contribution in [0.1, 0.15) is 35.2 Å². The van der Waals surface area contributed by atoms with Crippen molar-refractivity contribution in [3.63, 3.8) is 0 Å². The van der Waals surface area contributed by atoms with E-state index in [-0.39, 0.29) is 0 Å². The van der Waals surface area contributed by atoms with Crippen molar-refractivity contribution in [3.8, 4) is 0 Å². The molecular formula is C18H23NO. The number of nitrogens with one attached hydrogen (secondary N) is 1. The second-order valence-corrected chi connectivity index (χ2v) is 5.26. The molecular weight excluding hydrogens is 246 g/mol. The van der Waals surface area contributed by atoms with Crippen LogP contribution in [-0.2, 0) is 17.9 Å². The Kier molecular flexibility index (Phi) is 5.33. The summed E-state index contributed by atoms with van der Waals surface area (Å²) in [5.41, 5.74) is 5.13. The van der Waals surface area contributed by atoms with E-state index in [0.29, 0.717) is 12.6 Å². The number of benzene rings is 2. The normalized spacial score (nSPS) is 12.3. The number of ether oxygens (including phenoxy) is 1.